The Morgan fingerprint density at radius 1 is 1.29 bits per heavy atom. The van der Waals surface area contributed by atoms with Crippen LogP contribution < -0.4 is 16.0 Å². The number of hydrogen-bond donors (Lipinski definition) is 3. The molecule has 1 fully saturated rings. The number of thiophene rings is 1. The summed E-state index contributed by atoms with van der Waals surface area (Å²) in [5.74, 6) is -1.87. The summed E-state index contributed by atoms with van der Waals surface area (Å²) in [6.07, 6.45) is 0.661. The van der Waals surface area contributed by atoms with E-state index in [9.17, 15) is 19.2 Å². The lowest BCUT2D eigenvalue weighted by Gasteiger charge is -2.13. The Morgan fingerprint density at radius 2 is 2.00 bits per heavy atom. The van der Waals surface area contributed by atoms with Gasteiger partial charge in [0.1, 0.15) is 6.54 Å². The van der Waals surface area contributed by atoms with Crippen molar-refractivity contribution in [1.29, 1.82) is 0 Å². The van der Waals surface area contributed by atoms with Crippen LogP contribution >= 0.6 is 11.3 Å². The molecule has 130 valence electrons. The summed E-state index contributed by atoms with van der Waals surface area (Å²) in [4.78, 5) is 48.1. The largest absolute Gasteiger partial charge is 0.451 e. The highest BCUT2D eigenvalue weighted by atomic mass is 32.1. The van der Waals surface area contributed by atoms with Gasteiger partial charge in [0.25, 0.3) is 11.8 Å². The topological polar surface area (TPSA) is 114 Å². The van der Waals surface area contributed by atoms with Gasteiger partial charge in [0.2, 0.25) is 0 Å². The Bertz CT molecular complexity index is 653. The Labute approximate surface area is 142 Å². The van der Waals surface area contributed by atoms with Crippen molar-refractivity contribution in [1.82, 2.24) is 16.0 Å². The van der Waals surface area contributed by atoms with Crippen molar-refractivity contribution < 1.29 is 23.9 Å². The minimum Gasteiger partial charge on any atom is -0.451 e. The molecular formula is C15H19N3O5S. The van der Waals surface area contributed by atoms with Gasteiger partial charge in [-0.3, -0.25) is 19.7 Å². The van der Waals surface area contributed by atoms with E-state index in [1.807, 2.05) is 6.92 Å². The molecule has 0 aromatic carbocycles. The van der Waals surface area contributed by atoms with Crippen LogP contribution in [0.4, 0.5) is 4.79 Å². The molecule has 1 aliphatic carbocycles. The molecule has 1 saturated carbocycles. The summed E-state index contributed by atoms with van der Waals surface area (Å²) in [5, 5.41) is 7.10. The van der Waals surface area contributed by atoms with E-state index in [1.54, 1.807) is 12.1 Å². The fourth-order valence-corrected chi connectivity index (χ4v) is 2.54. The molecule has 3 N–H and O–H groups in total. The second kappa shape index (κ2) is 7.91. The van der Waals surface area contributed by atoms with E-state index in [1.165, 1.54) is 18.3 Å². The van der Waals surface area contributed by atoms with Crippen molar-refractivity contribution in [2.45, 2.75) is 38.8 Å². The van der Waals surface area contributed by atoms with Gasteiger partial charge >= 0.3 is 12.0 Å². The minimum atomic E-state index is -1.14. The number of carbonyl (C=O) groups is 4. The van der Waals surface area contributed by atoms with E-state index in [2.05, 4.69) is 16.0 Å². The average Bonchev–Trinajstić information content (AvgIpc) is 3.22. The van der Waals surface area contributed by atoms with Crippen LogP contribution in [-0.4, -0.2) is 42.5 Å². The number of esters is 1. The molecule has 0 aliphatic heterocycles. The molecule has 0 saturated heterocycles. The normalized spacial score (nSPS) is 14.4. The van der Waals surface area contributed by atoms with Gasteiger partial charge in [-0.15, -0.1) is 11.3 Å². The molecule has 8 nitrogen and oxygen atoms in total. The summed E-state index contributed by atoms with van der Waals surface area (Å²) < 4.78 is 4.88. The van der Waals surface area contributed by atoms with Crippen LogP contribution in [0.25, 0.3) is 0 Å². The first-order valence-electron chi connectivity index (χ1n) is 7.50. The third-order valence-corrected chi connectivity index (χ3v) is 4.18. The summed E-state index contributed by atoms with van der Waals surface area (Å²) >= 11 is 1.31. The summed E-state index contributed by atoms with van der Waals surface area (Å²) in [7, 11) is 0. The molecule has 9 heteroatoms. The van der Waals surface area contributed by atoms with E-state index < -0.39 is 24.0 Å². The zero-order chi connectivity index (χ0) is 17.7. The summed E-state index contributed by atoms with van der Waals surface area (Å²) in [6.45, 7) is 2.86. The lowest BCUT2D eigenvalue weighted by Crippen LogP contribution is -2.46. The molecule has 0 bridgehead atoms. The first kappa shape index (κ1) is 17.9. The summed E-state index contributed by atoms with van der Waals surface area (Å²) in [6, 6.07) is 2.98. The number of hydrogen-bond acceptors (Lipinski definition) is 6. The zero-order valence-electron chi connectivity index (χ0n) is 13.4. The van der Waals surface area contributed by atoms with Crippen LogP contribution in [0, 0.1) is 6.92 Å². The number of rotatable bonds is 6. The van der Waals surface area contributed by atoms with Crippen LogP contribution in [0.1, 0.15) is 34.3 Å². The zero-order valence-corrected chi connectivity index (χ0v) is 14.2. The molecule has 4 amide bonds. The number of imide groups is 1. The van der Waals surface area contributed by atoms with Crippen LogP contribution in [0.5, 0.6) is 0 Å². The van der Waals surface area contributed by atoms with Crippen molar-refractivity contribution in [2.75, 3.05) is 6.54 Å². The highest BCUT2D eigenvalue weighted by molar-refractivity contribution is 7.13. The Morgan fingerprint density at radius 3 is 2.58 bits per heavy atom. The molecule has 1 atom stereocenters. The van der Waals surface area contributed by atoms with E-state index in [-0.39, 0.29) is 18.5 Å². The molecule has 2 rings (SSSR count). The lowest BCUT2D eigenvalue weighted by atomic mass is 10.4. The van der Waals surface area contributed by atoms with Crippen LogP contribution in [0.2, 0.25) is 0 Å². The summed E-state index contributed by atoms with van der Waals surface area (Å²) in [5.41, 5.74) is 0. The molecule has 1 aromatic heterocycles. The van der Waals surface area contributed by atoms with Crippen molar-refractivity contribution in [3.63, 3.8) is 0 Å². The highest BCUT2D eigenvalue weighted by Crippen LogP contribution is 2.18. The maximum Gasteiger partial charge on any atom is 0.326 e. The molecule has 1 unspecified atom stereocenters. The highest BCUT2D eigenvalue weighted by Gasteiger charge is 2.26. The standard InChI is InChI=1S/C15H19N3O5S/c1-8-3-6-11(24-8)14(21)16-7-12(19)23-9(2)13(20)18-15(22)17-10-4-5-10/h3,6,9-10H,4-5,7H2,1-2H3,(H,16,21)(H2,17,18,20,22). The van der Waals surface area contributed by atoms with Gasteiger partial charge in [-0.2, -0.15) is 0 Å². The van der Waals surface area contributed by atoms with Gasteiger partial charge in [0.05, 0.1) is 4.88 Å². The third kappa shape index (κ3) is 5.65. The average molecular weight is 353 g/mol. The van der Waals surface area contributed by atoms with Gasteiger partial charge in [-0.25, -0.2) is 4.79 Å². The first-order valence-corrected chi connectivity index (χ1v) is 8.32. The predicted molar refractivity (Wildman–Crippen MR) is 86.6 cm³/mol. The molecule has 0 radical (unpaired) electrons. The predicted octanol–water partition coefficient (Wildman–Crippen LogP) is 0.706. The number of aryl methyl sites for hydroxylation is 1. The molecule has 1 aromatic rings. The van der Waals surface area contributed by atoms with Crippen LogP contribution in [0.15, 0.2) is 12.1 Å². The number of carbonyl (C=O) groups excluding carboxylic acids is 4. The maximum absolute atomic E-state index is 11.8. The maximum atomic E-state index is 11.8. The number of ether oxygens (including phenoxy) is 1. The fourth-order valence-electron chi connectivity index (χ4n) is 1.75. The Balaban J connectivity index is 1.69. The monoisotopic (exact) mass is 353 g/mol. The van der Waals surface area contributed by atoms with Gasteiger partial charge in [0, 0.05) is 10.9 Å². The first-order chi connectivity index (χ1) is 11.3. The number of amides is 4. The van der Waals surface area contributed by atoms with Crippen molar-refractivity contribution >= 4 is 35.2 Å². The van der Waals surface area contributed by atoms with Crippen molar-refractivity contribution in [2.24, 2.45) is 0 Å². The van der Waals surface area contributed by atoms with E-state index in [0.29, 0.717) is 4.88 Å². The van der Waals surface area contributed by atoms with Crippen molar-refractivity contribution in [3.8, 4) is 0 Å². The van der Waals surface area contributed by atoms with Gasteiger partial charge in [-0.05, 0) is 38.8 Å². The van der Waals surface area contributed by atoms with E-state index in [0.717, 1.165) is 17.7 Å². The quantitative estimate of drug-likeness (QED) is 0.652. The smallest absolute Gasteiger partial charge is 0.326 e. The minimum absolute atomic E-state index is 0.117. The molecule has 0 spiro atoms. The molecule has 1 heterocycles. The number of urea groups is 1. The van der Waals surface area contributed by atoms with Crippen LogP contribution in [0.3, 0.4) is 0 Å². The Hall–Kier alpha value is -2.42. The second-order valence-corrected chi connectivity index (χ2v) is 6.75. The third-order valence-electron chi connectivity index (χ3n) is 3.18. The fraction of sp³-hybridized carbons (Fsp3) is 0.467. The molecule has 1 aliphatic rings. The van der Waals surface area contributed by atoms with Gasteiger partial charge < -0.3 is 15.4 Å². The van der Waals surface area contributed by atoms with Gasteiger partial charge in [0.15, 0.2) is 6.10 Å². The van der Waals surface area contributed by atoms with E-state index in [4.69, 9.17) is 4.74 Å². The van der Waals surface area contributed by atoms with Crippen LogP contribution in [-0.2, 0) is 14.3 Å². The SMILES string of the molecule is Cc1ccc(C(=O)NCC(=O)OC(C)C(=O)NC(=O)NC2CC2)s1. The Kier molecular flexibility index (Phi) is 5.91. The number of nitrogens with one attached hydrogen (secondary N) is 3. The lowest BCUT2D eigenvalue weighted by molar-refractivity contribution is -0.153. The molecule has 24 heavy (non-hydrogen) atoms. The van der Waals surface area contributed by atoms with E-state index >= 15 is 0 Å². The van der Waals surface area contributed by atoms with Gasteiger partial charge in [-0.1, -0.05) is 0 Å². The second-order valence-electron chi connectivity index (χ2n) is 5.46. The van der Waals surface area contributed by atoms with Crippen molar-refractivity contribution in [3.05, 3.63) is 21.9 Å². The molecular weight excluding hydrogens is 334 g/mol.